The van der Waals surface area contributed by atoms with Crippen LogP contribution in [-0.4, -0.2) is 46.9 Å². The molecule has 0 spiro atoms. The second-order valence-electron chi connectivity index (χ2n) is 5.21. The number of thiazole rings is 1. The van der Waals surface area contributed by atoms with Crippen LogP contribution in [0, 0.1) is 6.92 Å². The van der Waals surface area contributed by atoms with Gasteiger partial charge in [0, 0.05) is 29.9 Å². The third-order valence-corrected chi connectivity index (χ3v) is 4.38. The molecule has 0 bridgehead atoms. The molecule has 1 N–H and O–H groups in total. The van der Waals surface area contributed by atoms with Crippen LogP contribution in [-0.2, 0) is 0 Å². The van der Waals surface area contributed by atoms with Crippen LogP contribution in [0.2, 0.25) is 0 Å². The number of nitrogens with one attached hydrogen (secondary N) is 1. The number of aryl methyl sites for hydroxylation is 1. The minimum atomic E-state index is -0.369. The highest BCUT2D eigenvalue weighted by molar-refractivity contribution is 7.16. The fourth-order valence-corrected chi connectivity index (χ4v) is 2.93. The van der Waals surface area contributed by atoms with Gasteiger partial charge in [-0.2, -0.15) is 0 Å². The molecule has 21 heavy (non-hydrogen) atoms. The van der Waals surface area contributed by atoms with Gasteiger partial charge >= 0.3 is 0 Å². The summed E-state index contributed by atoms with van der Waals surface area (Å²) in [6.07, 6.45) is 3.99. The second kappa shape index (κ2) is 6.36. The summed E-state index contributed by atoms with van der Waals surface area (Å²) in [5.41, 5.74) is -0.237. The zero-order valence-corrected chi connectivity index (χ0v) is 13.5. The third kappa shape index (κ3) is 3.30. The first-order valence-corrected chi connectivity index (χ1v) is 7.68. The normalized spacial score (nSPS) is 12.8. The minimum absolute atomic E-state index is 0.0823. The fraction of sp³-hybridized carbons (Fsp3) is 0.500. The number of nitrogens with zero attached hydrogens (tertiary/aromatic N) is 3. The molecule has 2 heterocycles. The summed E-state index contributed by atoms with van der Waals surface area (Å²) in [6.45, 7) is 4.47. The highest BCUT2D eigenvalue weighted by Crippen LogP contribution is 2.12. The zero-order chi connectivity index (χ0) is 15.6. The van der Waals surface area contributed by atoms with Gasteiger partial charge in [-0.1, -0.05) is 6.92 Å². The molecule has 1 amide bonds. The Morgan fingerprint density at radius 1 is 1.52 bits per heavy atom. The molecule has 114 valence electrons. The number of carbonyl (C=O) groups is 1. The Labute approximate surface area is 127 Å². The average Bonchev–Trinajstić information content (AvgIpc) is 2.80. The van der Waals surface area contributed by atoms with Crippen LogP contribution < -0.4 is 10.9 Å². The molecule has 2 aromatic heterocycles. The number of hydrogen-bond acceptors (Lipinski definition) is 5. The van der Waals surface area contributed by atoms with Gasteiger partial charge in [0.1, 0.15) is 5.56 Å². The standard InChI is InChI=1S/C14H20N4O2S/c1-5-10(17(3)4)6-15-12(19)11-7-16-14-18(13(11)20)8-9(2)21-14/h7-8,10H,5-6H2,1-4H3,(H,15,19). The summed E-state index contributed by atoms with van der Waals surface area (Å²) in [4.78, 5) is 32.3. The van der Waals surface area contributed by atoms with Crippen LogP contribution in [0.4, 0.5) is 0 Å². The van der Waals surface area contributed by atoms with Crippen LogP contribution in [0.1, 0.15) is 28.6 Å². The van der Waals surface area contributed by atoms with Crippen LogP contribution >= 0.6 is 11.3 Å². The first-order valence-electron chi connectivity index (χ1n) is 6.86. The van der Waals surface area contributed by atoms with Crippen molar-refractivity contribution in [3.05, 3.63) is 33.2 Å². The molecule has 0 aliphatic carbocycles. The van der Waals surface area contributed by atoms with Gasteiger partial charge < -0.3 is 10.2 Å². The maximum Gasteiger partial charge on any atom is 0.271 e. The van der Waals surface area contributed by atoms with E-state index in [-0.39, 0.29) is 23.1 Å². The van der Waals surface area contributed by atoms with Crippen molar-refractivity contribution in [2.24, 2.45) is 0 Å². The first kappa shape index (κ1) is 15.7. The molecule has 2 aromatic rings. The molecule has 6 nitrogen and oxygen atoms in total. The number of hydrogen-bond donors (Lipinski definition) is 1. The molecular formula is C14H20N4O2S. The van der Waals surface area contributed by atoms with Crippen LogP contribution in [0.25, 0.3) is 4.96 Å². The van der Waals surface area contributed by atoms with Crippen LogP contribution in [0.5, 0.6) is 0 Å². The van der Waals surface area contributed by atoms with Crippen molar-refractivity contribution in [1.29, 1.82) is 0 Å². The summed E-state index contributed by atoms with van der Waals surface area (Å²) in [5, 5.41) is 2.81. The summed E-state index contributed by atoms with van der Waals surface area (Å²) in [7, 11) is 3.94. The summed E-state index contributed by atoms with van der Waals surface area (Å²) < 4.78 is 1.43. The largest absolute Gasteiger partial charge is 0.350 e. The summed E-state index contributed by atoms with van der Waals surface area (Å²) in [5.74, 6) is -0.369. The molecule has 7 heteroatoms. The highest BCUT2D eigenvalue weighted by Gasteiger charge is 2.16. The number of amides is 1. The quantitative estimate of drug-likeness (QED) is 0.899. The predicted molar refractivity (Wildman–Crippen MR) is 84.2 cm³/mol. The number of aromatic nitrogens is 2. The van der Waals surface area contributed by atoms with Crippen molar-refractivity contribution in [1.82, 2.24) is 19.6 Å². The van der Waals surface area contributed by atoms with Crippen LogP contribution in [0.15, 0.2) is 17.2 Å². The second-order valence-corrected chi connectivity index (χ2v) is 6.42. The molecule has 1 atom stereocenters. The Morgan fingerprint density at radius 2 is 2.24 bits per heavy atom. The van der Waals surface area contributed by atoms with Gasteiger partial charge in [0.25, 0.3) is 11.5 Å². The molecule has 0 radical (unpaired) electrons. The van der Waals surface area contributed by atoms with E-state index in [1.54, 1.807) is 6.20 Å². The third-order valence-electron chi connectivity index (χ3n) is 3.47. The molecule has 2 rings (SSSR count). The lowest BCUT2D eigenvalue weighted by Crippen LogP contribution is -2.41. The van der Waals surface area contributed by atoms with Gasteiger partial charge in [-0.3, -0.25) is 14.0 Å². The topological polar surface area (TPSA) is 66.7 Å². The lowest BCUT2D eigenvalue weighted by molar-refractivity contribution is 0.0939. The van der Waals surface area contributed by atoms with E-state index >= 15 is 0 Å². The van der Waals surface area contributed by atoms with Gasteiger partial charge in [-0.05, 0) is 27.4 Å². The molecule has 0 aliphatic heterocycles. The molecule has 1 unspecified atom stereocenters. The fourth-order valence-electron chi connectivity index (χ4n) is 2.15. The van der Waals surface area contributed by atoms with Gasteiger partial charge in [0.15, 0.2) is 4.96 Å². The number of fused-ring (bicyclic) bond motifs is 1. The molecule has 0 saturated carbocycles. The summed E-state index contributed by atoms with van der Waals surface area (Å²) >= 11 is 1.43. The zero-order valence-electron chi connectivity index (χ0n) is 12.7. The number of likely N-dealkylation sites (N-methyl/N-ethyl adjacent to an activating group) is 1. The Hall–Kier alpha value is -1.73. The van der Waals surface area contributed by atoms with E-state index < -0.39 is 0 Å². The maximum atomic E-state index is 12.3. The lowest BCUT2D eigenvalue weighted by atomic mass is 10.2. The van der Waals surface area contributed by atoms with Gasteiger partial charge in [0.05, 0.1) is 0 Å². The van der Waals surface area contributed by atoms with Gasteiger partial charge in [-0.15, -0.1) is 11.3 Å². The molecule has 0 fully saturated rings. The Kier molecular flexibility index (Phi) is 4.74. The molecule has 0 aliphatic rings. The van der Waals surface area contributed by atoms with Crippen molar-refractivity contribution in [2.45, 2.75) is 26.3 Å². The molecule has 0 aromatic carbocycles. The van der Waals surface area contributed by atoms with Crippen molar-refractivity contribution < 1.29 is 4.79 Å². The van der Waals surface area contributed by atoms with Crippen molar-refractivity contribution in [3.8, 4) is 0 Å². The predicted octanol–water partition coefficient (Wildman–Crippen LogP) is 1.13. The SMILES string of the molecule is CCC(CNC(=O)c1cnc2sc(C)cn2c1=O)N(C)C. The van der Waals surface area contributed by atoms with E-state index in [9.17, 15) is 9.59 Å². The Bertz CT molecular complexity index is 705. The van der Waals surface area contributed by atoms with E-state index in [4.69, 9.17) is 0 Å². The number of rotatable bonds is 5. The lowest BCUT2D eigenvalue weighted by Gasteiger charge is -2.22. The van der Waals surface area contributed by atoms with E-state index in [0.717, 1.165) is 11.3 Å². The van der Waals surface area contributed by atoms with Gasteiger partial charge in [-0.25, -0.2) is 4.98 Å². The van der Waals surface area contributed by atoms with Gasteiger partial charge in [0.2, 0.25) is 0 Å². The first-order chi connectivity index (χ1) is 9.93. The summed E-state index contributed by atoms with van der Waals surface area (Å²) in [6, 6.07) is 0.247. The van der Waals surface area contributed by atoms with E-state index in [0.29, 0.717) is 11.5 Å². The highest BCUT2D eigenvalue weighted by atomic mass is 32.1. The molecular weight excluding hydrogens is 288 g/mol. The van der Waals surface area contributed by atoms with Crippen molar-refractivity contribution in [2.75, 3.05) is 20.6 Å². The van der Waals surface area contributed by atoms with E-state index in [1.165, 1.54) is 21.9 Å². The maximum absolute atomic E-state index is 12.3. The molecule has 0 saturated heterocycles. The Morgan fingerprint density at radius 3 is 2.86 bits per heavy atom. The van der Waals surface area contributed by atoms with Crippen LogP contribution in [0.3, 0.4) is 0 Å². The smallest absolute Gasteiger partial charge is 0.271 e. The van der Waals surface area contributed by atoms with Crippen molar-refractivity contribution >= 4 is 22.2 Å². The average molecular weight is 308 g/mol. The minimum Gasteiger partial charge on any atom is -0.350 e. The van der Waals surface area contributed by atoms with E-state index in [2.05, 4.69) is 22.1 Å². The van der Waals surface area contributed by atoms with Crippen molar-refractivity contribution in [3.63, 3.8) is 0 Å². The number of carbonyl (C=O) groups excluding carboxylic acids is 1. The Balaban J connectivity index is 2.20. The van der Waals surface area contributed by atoms with E-state index in [1.807, 2.05) is 21.0 Å². The monoisotopic (exact) mass is 308 g/mol.